The van der Waals surface area contributed by atoms with Gasteiger partial charge >= 0.3 is 0 Å². The molecule has 5 nitrogen and oxygen atoms in total. The highest BCUT2D eigenvalue weighted by Gasteiger charge is 2.21. The Balaban J connectivity index is 1.24. The highest BCUT2D eigenvalue weighted by atomic mass is 16.3. The van der Waals surface area contributed by atoms with Crippen LogP contribution in [0.1, 0.15) is 0 Å². The van der Waals surface area contributed by atoms with Crippen molar-refractivity contribution >= 4 is 76.1 Å². The van der Waals surface area contributed by atoms with Crippen molar-refractivity contribution in [2.75, 3.05) is 0 Å². The van der Waals surface area contributed by atoms with Crippen molar-refractivity contribution in [3.8, 4) is 28.7 Å². The molecule has 0 unspecified atom stereocenters. The monoisotopic (exact) mass is 638 g/mol. The largest absolute Gasteiger partial charge is 0.456 e. The van der Waals surface area contributed by atoms with Gasteiger partial charge < -0.3 is 4.42 Å². The summed E-state index contributed by atoms with van der Waals surface area (Å²) in [6.45, 7) is 0. The molecule has 0 spiro atoms. The van der Waals surface area contributed by atoms with Crippen molar-refractivity contribution in [3.05, 3.63) is 158 Å². The van der Waals surface area contributed by atoms with Crippen molar-refractivity contribution in [1.29, 1.82) is 0 Å². The molecule has 0 N–H and O–H groups in total. The van der Waals surface area contributed by atoms with Gasteiger partial charge in [-0.15, -0.1) is 0 Å². The van der Waals surface area contributed by atoms with Gasteiger partial charge in [-0.1, -0.05) is 121 Å². The van der Waals surface area contributed by atoms with Crippen molar-refractivity contribution < 1.29 is 4.42 Å². The Bertz CT molecular complexity index is 3060. The first-order valence-electron chi connectivity index (χ1n) is 16.8. The Morgan fingerprint density at radius 3 is 1.54 bits per heavy atom. The molecule has 0 saturated carbocycles. The van der Waals surface area contributed by atoms with E-state index in [0.29, 0.717) is 17.6 Å². The second-order valence-corrected chi connectivity index (χ2v) is 12.8. The number of fused-ring (bicyclic) bond motifs is 12. The number of benzene rings is 8. The van der Waals surface area contributed by atoms with E-state index in [-0.39, 0.29) is 0 Å². The molecular formula is C45H26N4O. The highest BCUT2D eigenvalue weighted by molar-refractivity contribution is 6.28. The van der Waals surface area contributed by atoms with Crippen LogP contribution in [-0.2, 0) is 0 Å². The molecule has 0 amide bonds. The van der Waals surface area contributed by atoms with Gasteiger partial charge in [-0.3, -0.25) is 4.57 Å². The molecule has 5 heteroatoms. The van der Waals surface area contributed by atoms with E-state index in [1.165, 1.54) is 37.7 Å². The maximum atomic E-state index is 6.34. The molecule has 0 aliphatic heterocycles. The minimum absolute atomic E-state index is 0.571. The van der Waals surface area contributed by atoms with Gasteiger partial charge in [0.25, 0.3) is 0 Å². The first-order valence-corrected chi connectivity index (χ1v) is 16.8. The predicted octanol–water partition coefficient (Wildman–Crippen LogP) is 11.7. The van der Waals surface area contributed by atoms with Gasteiger partial charge in [-0.25, -0.2) is 4.98 Å². The van der Waals surface area contributed by atoms with Crippen LogP contribution in [0, 0.1) is 0 Å². The Morgan fingerprint density at radius 2 is 0.900 bits per heavy atom. The average Bonchev–Trinajstić information content (AvgIpc) is 3.74. The topological polar surface area (TPSA) is 56.7 Å². The SMILES string of the molecule is c1ccc(-c2nc(-c3ccc4oc5ccc6ccccc6c5c4c3)nc(-n3c4ccc5ccccc5c4c4c5ccccc5ccc43)n2)cc1. The molecule has 0 atom stereocenters. The number of hydrogen-bond acceptors (Lipinski definition) is 4. The number of nitrogens with zero attached hydrogens (tertiary/aromatic N) is 4. The summed E-state index contributed by atoms with van der Waals surface area (Å²) in [5, 5.41) is 11.6. The summed E-state index contributed by atoms with van der Waals surface area (Å²) >= 11 is 0. The molecule has 0 saturated heterocycles. The van der Waals surface area contributed by atoms with Gasteiger partial charge in [0, 0.05) is 32.7 Å². The second kappa shape index (κ2) is 10.3. The lowest BCUT2D eigenvalue weighted by Gasteiger charge is -2.11. The maximum Gasteiger partial charge on any atom is 0.238 e. The lowest BCUT2D eigenvalue weighted by atomic mass is 10.00. The van der Waals surface area contributed by atoms with Crippen LogP contribution >= 0.6 is 0 Å². The van der Waals surface area contributed by atoms with E-state index in [2.05, 4.69) is 132 Å². The van der Waals surface area contributed by atoms with Gasteiger partial charge in [0.1, 0.15) is 11.2 Å². The number of rotatable bonds is 3. The van der Waals surface area contributed by atoms with Crippen LogP contribution in [0.15, 0.2) is 162 Å². The van der Waals surface area contributed by atoms with Crippen molar-refractivity contribution in [1.82, 2.24) is 19.5 Å². The fraction of sp³-hybridized carbons (Fsp3) is 0. The first-order chi connectivity index (χ1) is 24.8. The third-order valence-corrected chi connectivity index (χ3v) is 10.0. The first kappa shape index (κ1) is 27.1. The summed E-state index contributed by atoms with van der Waals surface area (Å²) in [4.78, 5) is 15.6. The molecule has 0 aliphatic rings. The van der Waals surface area contributed by atoms with E-state index in [0.717, 1.165) is 49.5 Å². The number of aromatic nitrogens is 4. The Hall–Kier alpha value is -6.85. The van der Waals surface area contributed by atoms with Crippen LogP contribution in [0.5, 0.6) is 0 Å². The summed E-state index contributed by atoms with van der Waals surface area (Å²) in [5.74, 6) is 1.79. The molecule has 0 radical (unpaired) electrons. The Morgan fingerprint density at radius 1 is 0.380 bits per heavy atom. The molecule has 3 heterocycles. The van der Waals surface area contributed by atoms with Gasteiger partial charge in [-0.05, 0) is 68.7 Å². The molecule has 0 aliphatic carbocycles. The quantitative estimate of drug-likeness (QED) is 0.193. The zero-order valence-corrected chi connectivity index (χ0v) is 26.7. The molecule has 11 rings (SSSR count). The van der Waals surface area contributed by atoms with Crippen molar-refractivity contribution in [2.45, 2.75) is 0 Å². The smallest absolute Gasteiger partial charge is 0.238 e. The third-order valence-electron chi connectivity index (χ3n) is 10.0. The average molecular weight is 639 g/mol. The van der Waals surface area contributed by atoms with Crippen LogP contribution in [-0.4, -0.2) is 19.5 Å². The van der Waals surface area contributed by atoms with Gasteiger partial charge in [0.05, 0.1) is 11.0 Å². The van der Waals surface area contributed by atoms with Crippen molar-refractivity contribution in [2.24, 2.45) is 0 Å². The molecule has 11 aromatic rings. The molecule has 0 fully saturated rings. The van der Waals surface area contributed by atoms with Crippen LogP contribution < -0.4 is 0 Å². The normalized spacial score (nSPS) is 12.0. The van der Waals surface area contributed by atoms with Crippen LogP contribution in [0.25, 0.3) is 105 Å². The fourth-order valence-electron chi connectivity index (χ4n) is 7.76. The lowest BCUT2D eigenvalue weighted by Crippen LogP contribution is -2.06. The van der Waals surface area contributed by atoms with E-state index in [9.17, 15) is 0 Å². The van der Waals surface area contributed by atoms with Gasteiger partial charge in [0.15, 0.2) is 11.6 Å². The molecule has 3 aromatic heterocycles. The second-order valence-electron chi connectivity index (χ2n) is 12.8. The summed E-state index contributed by atoms with van der Waals surface area (Å²) < 4.78 is 8.55. The molecule has 50 heavy (non-hydrogen) atoms. The summed E-state index contributed by atoms with van der Waals surface area (Å²) in [6.07, 6.45) is 0. The van der Waals surface area contributed by atoms with Gasteiger partial charge in [0.2, 0.25) is 5.95 Å². The van der Waals surface area contributed by atoms with E-state index in [1.807, 2.05) is 30.3 Å². The summed E-state index contributed by atoms with van der Waals surface area (Å²) in [7, 11) is 0. The Labute approximate surface area is 285 Å². The van der Waals surface area contributed by atoms with E-state index in [4.69, 9.17) is 19.4 Å². The van der Waals surface area contributed by atoms with Crippen molar-refractivity contribution in [3.63, 3.8) is 0 Å². The summed E-state index contributed by atoms with van der Waals surface area (Å²) in [5.41, 5.74) is 5.61. The van der Waals surface area contributed by atoms with E-state index >= 15 is 0 Å². The predicted molar refractivity (Wildman–Crippen MR) is 205 cm³/mol. The standard InChI is InChI=1S/C45H26N4O/c1-2-13-30(14-3-1)43-46-44(31-21-24-38-35(26-31)40-32-15-7-4-12-29(32)20-25-39(40)50-38)48-45(47-43)49-36-22-18-27-10-5-8-16-33(27)41(36)42-34-17-9-6-11-28(34)19-23-37(42)49/h1-26H. The van der Waals surface area contributed by atoms with Gasteiger partial charge in [-0.2, -0.15) is 9.97 Å². The van der Waals surface area contributed by atoms with Crippen LogP contribution in [0.4, 0.5) is 0 Å². The van der Waals surface area contributed by atoms with E-state index in [1.54, 1.807) is 0 Å². The fourth-order valence-corrected chi connectivity index (χ4v) is 7.76. The zero-order valence-electron chi connectivity index (χ0n) is 26.7. The minimum Gasteiger partial charge on any atom is -0.456 e. The number of furan rings is 1. The summed E-state index contributed by atoms with van der Waals surface area (Å²) in [6, 6.07) is 55.0. The Kier molecular flexibility index (Phi) is 5.60. The van der Waals surface area contributed by atoms with E-state index < -0.39 is 0 Å². The molecule has 0 bridgehead atoms. The lowest BCUT2D eigenvalue weighted by molar-refractivity contribution is 0.669. The molecule has 232 valence electrons. The van der Waals surface area contributed by atoms with Crippen LogP contribution in [0.3, 0.4) is 0 Å². The molecule has 8 aromatic carbocycles. The third kappa shape index (κ3) is 3.92. The highest BCUT2D eigenvalue weighted by Crippen LogP contribution is 2.41. The number of hydrogen-bond donors (Lipinski definition) is 0. The minimum atomic E-state index is 0.571. The van der Waals surface area contributed by atoms with Crippen LogP contribution in [0.2, 0.25) is 0 Å². The molecular weight excluding hydrogens is 613 g/mol. The maximum absolute atomic E-state index is 6.34. The zero-order chi connectivity index (χ0) is 32.8.